The van der Waals surface area contributed by atoms with Gasteiger partial charge in [-0.25, -0.2) is 0 Å². The number of hydrogen-bond donors (Lipinski definition) is 1. The number of carbonyl (C=O) groups excluding carboxylic acids is 1. The highest BCUT2D eigenvalue weighted by molar-refractivity contribution is 6.27. The molecular formula is C7H12ClNO3. The molecule has 0 spiro atoms. The molecule has 70 valence electrons. The molecule has 12 heavy (non-hydrogen) atoms. The number of ether oxygens (including phenoxy) is 1. The SMILES string of the molecule is CO[C@@H]1CN(C(=O)CCl)C[C@H]1O. The van der Waals surface area contributed by atoms with Crippen molar-refractivity contribution in [2.75, 3.05) is 26.1 Å². The topological polar surface area (TPSA) is 49.8 Å². The van der Waals surface area contributed by atoms with E-state index in [2.05, 4.69) is 0 Å². The maximum Gasteiger partial charge on any atom is 0.237 e. The highest BCUT2D eigenvalue weighted by Gasteiger charge is 2.33. The summed E-state index contributed by atoms with van der Waals surface area (Å²) in [7, 11) is 1.52. The van der Waals surface area contributed by atoms with Gasteiger partial charge in [0.05, 0.1) is 6.10 Å². The summed E-state index contributed by atoms with van der Waals surface area (Å²) in [5.74, 6) is -0.196. The summed E-state index contributed by atoms with van der Waals surface area (Å²) in [5, 5.41) is 9.34. The van der Waals surface area contributed by atoms with Gasteiger partial charge in [0.2, 0.25) is 5.91 Å². The number of halogens is 1. The second-order valence-corrected chi connectivity index (χ2v) is 3.04. The Morgan fingerprint density at radius 3 is 2.83 bits per heavy atom. The first-order chi connectivity index (χ1) is 5.69. The molecule has 1 N–H and O–H groups in total. The standard InChI is InChI=1S/C7H12ClNO3/c1-12-6-4-9(3-5(6)10)7(11)2-8/h5-6,10H,2-4H2,1H3/t5-,6-/m1/s1. The van der Waals surface area contributed by atoms with Crippen LogP contribution in [0.5, 0.6) is 0 Å². The Bertz CT molecular complexity index is 176. The van der Waals surface area contributed by atoms with E-state index in [0.29, 0.717) is 13.1 Å². The summed E-state index contributed by atoms with van der Waals surface area (Å²) in [6.07, 6.45) is -0.848. The van der Waals surface area contributed by atoms with Gasteiger partial charge in [0.1, 0.15) is 12.0 Å². The van der Waals surface area contributed by atoms with Crippen molar-refractivity contribution in [3.63, 3.8) is 0 Å². The van der Waals surface area contributed by atoms with Crippen LogP contribution in [-0.4, -0.2) is 54.2 Å². The Hall–Kier alpha value is -0.320. The molecule has 0 radical (unpaired) electrons. The normalized spacial score (nSPS) is 29.4. The lowest BCUT2D eigenvalue weighted by Crippen LogP contribution is -2.30. The Morgan fingerprint density at radius 2 is 2.42 bits per heavy atom. The van der Waals surface area contributed by atoms with Crippen LogP contribution in [0.2, 0.25) is 0 Å². The monoisotopic (exact) mass is 193 g/mol. The van der Waals surface area contributed by atoms with Crippen LogP contribution in [0.1, 0.15) is 0 Å². The van der Waals surface area contributed by atoms with Gasteiger partial charge >= 0.3 is 0 Å². The zero-order chi connectivity index (χ0) is 9.14. The van der Waals surface area contributed by atoms with Crippen molar-refractivity contribution in [2.24, 2.45) is 0 Å². The number of β-amino-alcohol motifs (C(OH)–C–C–N with tert-alkyl or cyclic N) is 1. The van der Waals surface area contributed by atoms with Crippen molar-refractivity contribution in [3.05, 3.63) is 0 Å². The highest BCUT2D eigenvalue weighted by Crippen LogP contribution is 2.12. The third kappa shape index (κ3) is 1.88. The van der Waals surface area contributed by atoms with E-state index in [1.807, 2.05) is 0 Å². The summed E-state index contributed by atoms with van der Waals surface area (Å²) in [6, 6.07) is 0. The van der Waals surface area contributed by atoms with Crippen molar-refractivity contribution >= 4 is 17.5 Å². The van der Waals surface area contributed by atoms with Gasteiger partial charge in [0.25, 0.3) is 0 Å². The number of aliphatic hydroxyl groups is 1. The maximum absolute atomic E-state index is 11.0. The number of aliphatic hydroxyl groups excluding tert-OH is 1. The van der Waals surface area contributed by atoms with Crippen molar-refractivity contribution in [1.29, 1.82) is 0 Å². The molecule has 1 aliphatic heterocycles. The molecule has 1 saturated heterocycles. The van der Waals surface area contributed by atoms with Gasteiger partial charge in [-0.3, -0.25) is 4.79 Å². The third-order valence-electron chi connectivity index (χ3n) is 2.01. The minimum absolute atomic E-state index is 0.0385. The summed E-state index contributed by atoms with van der Waals surface area (Å²) in [4.78, 5) is 12.6. The molecule has 4 nitrogen and oxygen atoms in total. The molecule has 0 aromatic rings. The molecule has 1 amide bonds. The van der Waals surface area contributed by atoms with Crippen LogP contribution in [-0.2, 0) is 9.53 Å². The highest BCUT2D eigenvalue weighted by atomic mass is 35.5. The third-order valence-corrected chi connectivity index (χ3v) is 2.24. The van der Waals surface area contributed by atoms with Crippen LogP contribution in [0.3, 0.4) is 0 Å². The van der Waals surface area contributed by atoms with Gasteiger partial charge in [-0.05, 0) is 0 Å². The Kier molecular flexibility index (Phi) is 3.31. The average molecular weight is 194 g/mol. The van der Waals surface area contributed by atoms with E-state index in [4.69, 9.17) is 16.3 Å². The number of hydrogen-bond acceptors (Lipinski definition) is 3. The van der Waals surface area contributed by atoms with Crippen molar-refractivity contribution in [1.82, 2.24) is 4.90 Å². The van der Waals surface area contributed by atoms with Crippen LogP contribution in [0.25, 0.3) is 0 Å². The predicted molar refractivity (Wildman–Crippen MR) is 44.1 cm³/mol. The zero-order valence-corrected chi connectivity index (χ0v) is 7.62. The van der Waals surface area contributed by atoms with Crippen LogP contribution in [0.4, 0.5) is 0 Å². The van der Waals surface area contributed by atoms with E-state index in [9.17, 15) is 9.90 Å². The van der Waals surface area contributed by atoms with Crippen LogP contribution < -0.4 is 0 Å². The Balaban J connectivity index is 2.48. The van der Waals surface area contributed by atoms with Gasteiger partial charge in [0.15, 0.2) is 0 Å². The second kappa shape index (κ2) is 4.07. The van der Waals surface area contributed by atoms with Gasteiger partial charge in [-0.15, -0.1) is 11.6 Å². The lowest BCUT2D eigenvalue weighted by molar-refractivity contribution is -0.128. The number of methoxy groups -OCH3 is 1. The molecule has 0 bridgehead atoms. The maximum atomic E-state index is 11.0. The van der Waals surface area contributed by atoms with Crippen molar-refractivity contribution in [3.8, 4) is 0 Å². The van der Waals surface area contributed by atoms with Gasteiger partial charge < -0.3 is 14.7 Å². The fraction of sp³-hybridized carbons (Fsp3) is 0.857. The smallest absolute Gasteiger partial charge is 0.237 e. The Labute approximate surface area is 76.1 Å². The van der Waals surface area contributed by atoms with Gasteiger partial charge in [-0.1, -0.05) is 0 Å². The summed E-state index contributed by atoms with van der Waals surface area (Å²) in [6.45, 7) is 0.757. The largest absolute Gasteiger partial charge is 0.388 e. The van der Waals surface area contributed by atoms with Crippen molar-refractivity contribution < 1.29 is 14.6 Å². The Morgan fingerprint density at radius 1 is 1.75 bits per heavy atom. The van der Waals surface area contributed by atoms with E-state index in [1.54, 1.807) is 0 Å². The number of rotatable bonds is 2. The van der Waals surface area contributed by atoms with E-state index in [0.717, 1.165) is 0 Å². The van der Waals surface area contributed by atoms with Crippen molar-refractivity contribution in [2.45, 2.75) is 12.2 Å². The first-order valence-corrected chi connectivity index (χ1v) is 4.27. The van der Waals surface area contributed by atoms with E-state index >= 15 is 0 Å². The zero-order valence-electron chi connectivity index (χ0n) is 6.86. The lowest BCUT2D eigenvalue weighted by Gasteiger charge is -2.13. The minimum Gasteiger partial charge on any atom is -0.388 e. The molecule has 0 saturated carbocycles. The number of alkyl halides is 1. The molecule has 0 aromatic carbocycles. The molecule has 5 heteroatoms. The van der Waals surface area contributed by atoms with Gasteiger partial charge in [0, 0.05) is 20.2 Å². The number of carbonyl (C=O) groups is 1. The fourth-order valence-corrected chi connectivity index (χ4v) is 1.45. The summed E-state index contributed by atoms with van der Waals surface area (Å²) < 4.78 is 4.96. The first kappa shape index (κ1) is 9.77. The van der Waals surface area contributed by atoms with Crippen LogP contribution >= 0.6 is 11.6 Å². The molecule has 2 atom stereocenters. The molecule has 1 rings (SSSR count). The molecule has 0 aliphatic carbocycles. The molecule has 0 aromatic heterocycles. The molecular weight excluding hydrogens is 182 g/mol. The minimum atomic E-state index is -0.581. The fourth-order valence-electron chi connectivity index (χ4n) is 1.28. The molecule has 1 heterocycles. The lowest BCUT2D eigenvalue weighted by atomic mass is 10.3. The summed E-state index contributed by atoms with van der Waals surface area (Å²) >= 11 is 5.36. The predicted octanol–water partition coefficient (Wildman–Crippen LogP) is -0.557. The number of nitrogens with zero attached hydrogens (tertiary/aromatic N) is 1. The molecule has 1 fully saturated rings. The van der Waals surface area contributed by atoms with Gasteiger partial charge in [-0.2, -0.15) is 0 Å². The van der Waals surface area contributed by atoms with E-state index in [1.165, 1.54) is 12.0 Å². The molecule has 1 aliphatic rings. The number of amides is 1. The first-order valence-electron chi connectivity index (χ1n) is 3.73. The van der Waals surface area contributed by atoms with Crippen LogP contribution in [0.15, 0.2) is 0 Å². The van der Waals surface area contributed by atoms with E-state index < -0.39 is 6.10 Å². The van der Waals surface area contributed by atoms with Crippen LogP contribution in [0, 0.1) is 0 Å². The second-order valence-electron chi connectivity index (χ2n) is 2.77. The molecule has 0 unspecified atom stereocenters. The number of likely N-dealkylation sites (tertiary alicyclic amines) is 1. The van der Waals surface area contributed by atoms with E-state index in [-0.39, 0.29) is 17.9 Å². The quantitative estimate of drug-likeness (QED) is 0.599. The summed E-state index contributed by atoms with van der Waals surface area (Å²) in [5.41, 5.74) is 0. The average Bonchev–Trinajstić information content (AvgIpc) is 2.45.